The van der Waals surface area contributed by atoms with Gasteiger partial charge in [-0.2, -0.15) is 0 Å². The third-order valence-corrected chi connectivity index (χ3v) is 5.01. The average Bonchev–Trinajstić information content (AvgIpc) is 3.19. The molecular formula is C21H23NO7. The number of nitrogens with one attached hydrogen (secondary N) is 1. The second-order valence-corrected chi connectivity index (χ2v) is 7.40. The Labute approximate surface area is 168 Å². The topological polar surface area (TPSA) is 95.5 Å². The second-order valence-electron chi connectivity index (χ2n) is 7.40. The fraction of sp³-hybridized carbons (Fsp3) is 0.381. The minimum absolute atomic E-state index is 0.0704. The zero-order chi connectivity index (χ0) is 20.6. The molecule has 0 spiro atoms. The summed E-state index contributed by atoms with van der Waals surface area (Å²) in [6.07, 6.45) is 0. The lowest BCUT2D eigenvalue weighted by Gasteiger charge is -2.42. The zero-order valence-electron chi connectivity index (χ0n) is 16.4. The summed E-state index contributed by atoms with van der Waals surface area (Å²) >= 11 is 0. The number of rotatable bonds is 5. The van der Waals surface area contributed by atoms with Gasteiger partial charge >= 0.3 is 5.97 Å². The highest BCUT2D eigenvalue weighted by Crippen LogP contribution is 2.51. The van der Waals surface area contributed by atoms with Gasteiger partial charge in [0.2, 0.25) is 18.3 Å². The van der Waals surface area contributed by atoms with Crippen molar-refractivity contribution >= 4 is 5.97 Å². The maximum Gasteiger partial charge on any atom is 0.328 e. The molecule has 2 aliphatic rings. The van der Waals surface area contributed by atoms with Crippen molar-refractivity contribution in [1.82, 2.24) is 5.32 Å². The van der Waals surface area contributed by atoms with E-state index in [1.54, 1.807) is 6.07 Å². The van der Waals surface area contributed by atoms with Crippen molar-refractivity contribution in [3.63, 3.8) is 0 Å². The number of phenolic OH excluding ortho intramolecular Hbond substituents is 1. The molecule has 0 aromatic heterocycles. The van der Waals surface area contributed by atoms with E-state index in [1.807, 2.05) is 44.2 Å². The van der Waals surface area contributed by atoms with E-state index in [-0.39, 0.29) is 42.6 Å². The van der Waals surface area contributed by atoms with Gasteiger partial charge in [0.05, 0.1) is 6.04 Å². The number of cyclic esters (lactones) is 1. The van der Waals surface area contributed by atoms with Gasteiger partial charge in [0.15, 0.2) is 18.3 Å². The Hall–Kier alpha value is -2.97. The van der Waals surface area contributed by atoms with Gasteiger partial charge in [-0.3, -0.25) is 5.32 Å². The summed E-state index contributed by atoms with van der Waals surface area (Å²) in [5.41, 5.74) is 0.683. The Morgan fingerprint density at radius 2 is 1.93 bits per heavy atom. The molecule has 2 aromatic carbocycles. The molecule has 0 saturated carbocycles. The molecule has 0 unspecified atom stereocenters. The Bertz CT molecular complexity index is 913. The zero-order valence-corrected chi connectivity index (χ0v) is 16.4. The lowest BCUT2D eigenvalue weighted by Crippen LogP contribution is -2.52. The number of morpholine rings is 1. The van der Waals surface area contributed by atoms with Crippen molar-refractivity contribution in [2.75, 3.05) is 20.7 Å². The first-order valence-corrected chi connectivity index (χ1v) is 9.23. The van der Waals surface area contributed by atoms with Crippen LogP contribution in [0, 0.1) is 0 Å². The van der Waals surface area contributed by atoms with E-state index in [1.165, 1.54) is 7.11 Å². The van der Waals surface area contributed by atoms with Crippen LogP contribution in [-0.4, -0.2) is 37.4 Å². The van der Waals surface area contributed by atoms with Crippen molar-refractivity contribution in [2.24, 2.45) is 0 Å². The summed E-state index contributed by atoms with van der Waals surface area (Å²) in [4.78, 5) is 12.9. The number of carbonyl (C=O) groups is 1. The van der Waals surface area contributed by atoms with Crippen molar-refractivity contribution < 1.29 is 33.6 Å². The number of benzene rings is 2. The van der Waals surface area contributed by atoms with E-state index in [0.717, 1.165) is 5.56 Å². The summed E-state index contributed by atoms with van der Waals surface area (Å²) in [7, 11) is 1.47. The van der Waals surface area contributed by atoms with E-state index < -0.39 is 17.6 Å². The van der Waals surface area contributed by atoms with E-state index in [2.05, 4.69) is 5.32 Å². The van der Waals surface area contributed by atoms with Gasteiger partial charge in [-0.05, 0) is 25.5 Å². The SMILES string of the molecule is COCOc1cc([C@H]2N[C@H](c3ccccc3)C(C)(C)OC2=O)c2c(c1O)OCO2. The number of aromatic hydroxyl groups is 1. The Balaban J connectivity index is 1.75. The van der Waals surface area contributed by atoms with Gasteiger partial charge in [-0.25, -0.2) is 4.79 Å². The van der Waals surface area contributed by atoms with E-state index >= 15 is 0 Å². The highest BCUT2D eigenvalue weighted by molar-refractivity contribution is 5.82. The van der Waals surface area contributed by atoms with Crippen molar-refractivity contribution in [3.8, 4) is 23.0 Å². The molecule has 0 aliphatic carbocycles. The number of ether oxygens (including phenoxy) is 5. The molecule has 8 nitrogen and oxygen atoms in total. The molecule has 2 N–H and O–H groups in total. The minimum atomic E-state index is -0.839. The van der Waals surface area contributed by atoms with Crippen LogP contribution in [0.25, 0.3) is 0 Å². The fourth-order valence-corrected chi connectivity index (χ4v) is 3.67. The summed E-state index contributed by atoms with van der Waals surface area (Å²) in [5, 5.41) is 13.8. The molecule has 8 heteroatoms. The van der Waals surface area contributed by atoms with E-state index in [9.17, 15) is 9.90 Å². The summed E-state index contributed by atoms with van der Waals surface area (Å²) in [6, 6.07) is 10.2. The summed E-state index contributed by atoms with van der Waals surface area (Å²) < 4.78 is 27.1. The van der Waals surface area contributed by atoms with Crippen LogP contribution < -0.4 is 19.5 Å². The summed E-state index contributed by atoms with van der Waals surface area (Å²) in [6.45, 7) is 3.58. The van der Waals surface area contributed by atoms with Crippen LogP contribution in [0.3, 0.4) is 0 Å². The first-order chi connectivity index (χ1) is 13.9. The van der Waals surface area contributed by atoms with Gasteiger partial charge in [0, 0.05) is 12.7 Å². The predicted molar refractivity (Wildman–Crippen MR) is 102 cm³/mol. The number of hydrogen-bond donors (Lipinski definition) is 2. The maximum atomic E-state index is 12.9. The van der Waals surface area contributed by atoms with Crippen LogP contribution in [-0.2, 0) is 14.3 Å². The summed E-state index contributed by atoms with van der Waals surface area (Å²) in [5.74, 6) is -0.120. The van der Waals surface area contributed by atoms with Crippen LogP contribution in [0.4, 0.5) is 0 Å². The fourth-order valence-electron chi connectivity index (χ4n) is 3.67. The Morgan fingerprint density at radius 3 is 2.66 bits per heavy atom. The second kappa shape index (κ2) is 7.46. The van der Waals surface area contributed by atoms with Crippen LogP contribution >= 0.6 is 0 Å². The molecule has 2 heterocycles. The largest absolute Gasteiger partial charge is 0.502 e. The molecule has 0 radical (unpaired) electrons. The van der Waals surface area contributed by atoms with Crippen LogP contribution in [0.1, 0.15) is 37.1 Å². The first-order valence-electron chi connectivity index (χ1n) is 9.23. The molecule has 154 valence electrons. The molecule has 2 atom stereocenters. The van der Waals surface area contributed by atoms with Crippen LogP contribution in [0.15, 0.2) is 36.4 Å². The molecule has 1 fully saturated rings. The molecule has 2 aliphatic heterocycles. The molecule has 0 amide bonds. The normalized spacial score (nSPS) is 22.2. The number of fused-ring (bicyclic) bond motifs is 1. The third kappa shape index (κ3) is 3.45. The highest BCUT2D eigenvalue weighted by Gasteiger charge is 2.46. The number of methoxy groups -OCH3 is 1. The molecular weight excluding hydrogens is 378 g/mol. The molecule has 2 aromatic rings. The van der Waals surface area contributed by atoms with E-state index in [0.29, 0.717) is 5.56 Å². The monoisotopic (exact) mass is 401 g/mol. The first kappa shape index (κ1) is 19.4. The van der Waals surface area contributed by atoms with Gasteiger partial charge in [0.25, 0.3) is 0 Å². The number of phenols is 1. The van der Waals surface area contributed by atoms with Gasteiger partial charge in [0.1, 0.15) is 11.6 Å². The van der Waals surface area contributed by atoms with Crippen LogP contribution in [0.5, 0.6) is 23.0 Å². The Morgan fingerprint density at radius 1 is 1.21 bits per heavy atom. The van der Waals surface area contributed by atoms with Crippen molar-refractivity contribution in [3.05, 3.63) is 47.5 Å². The predicted octanol–water partition coefficient (Wildman–Crippen LogP) is 2.81. The number of hydrogen-bond acceptors (Lipinski definition) is 8. The molecule has 4 rings (SSSR count). The molecule has 29 heavy (non-hydrogen) atoms. The molecule has 0 bridgehead atoms. The van der Waals surface area contributed by atoms with Gasteiger partial charge in [-0.1, -0.05) is 30.3 Å². The van der Waals surface area contributed by atoms with Gasteiger partial charge < -0.3 is 28.8 Å². The maximum absolute atomic E-state index is 12.9. The lowest BCUT2D eigenvalue weighted by molar-refractivity contribution is -0.172. The third-order valence-electron chi connectivity index (χ3n) is 5.01. The van der Waals surface area contributed by atoms with Gasteiger partial charge in [-0.15, -0.1) is 0 Å². The van der Waals surface area contributed by atoms with E-state index in [4.69, 9.17) is 23.7 Å². The Kier molecular flexibility index (Phi) is 4.97. The highest BCUT2D eigenvalue weighted by atomic mass is 16.7. The smallest absolute Gasteiger partial charge is 0.328 e. The molecule has 1 saturated heterocycles. The lowest BCUT2D eigenvalue weighted by atomic mass is 9.87. The number of carbonyl (C=O) groups excluding carboxylic acids is 1. The average molecular weight is 401 g/mol. The quantitative estimate of drug-likeness (QED) is 0.583. The number of esters is 1. The van der Waals surface area contributed by atoms with Crippen molar-refractivity contribution in [2.45, 2.75) is 31.5 Å². The standard InChI is InChI=1S/C21H23NO7/c1-21(2)19(12-7-5-4-6-8-12)22-15(20(24)29-21)13-9-14(26-10-25-3)16(23)18-17(13)27-11-28-18/h4-9,15,19,22-23H,10-11H2,1-3H3/t15-,19-/m1/s1. The minimum Gasteiger partial charge on any atom is -0.502 e. The van der Waals surface area contributed by atoms with Crippen LogP contribution in [0.2, 0.25) is 0 Å². The van der Waals surface area contributed by atoms with Crippen molar-refractivity contribution in [1.29, 1.82) is 0 Å².